The van der Waals surface area contributed by atoms with Crippen LogP contribution in [0.1, 0.15) is 0 Å². The molecule has 1 amide bonds. The molecule has 0 saturated heterocycles. The van der Waals surface area contributed by atoms with Gasteiger partial charge in [-0.3, -0.25) is 9.69 Å². The molecule has 0 aromatic heterocycles. The summed E-state index contributed by atoms with van der Waals surface area (Å²) < 4.78 is 0.903. The third-order valence-corrected chi connectivity index (χ3v) is 2.31. The minimum Gasteiger partial charge on any atom is -0.285 e. The Morgan fingerprint density at radius 2 is 2.07 bits per heavy atom. The van der Waals surface area contributed by atoms with Gasteiger partial charge in [0, 0.05) is 10.2 Å². The number of nitrogens with zero attached hydrogens (tertiary/aromatic N) is 2. The van der Waals surface area contributed by atoms with Crippen LogP contribution in [0.15, 0.2) is 28.7 Å². The van der Waals surface area contributed by atoms with E-state index in [0.29, 0.717) is 5.69 Å². The van der Waals surface area contributed by atoms with E-state index in [2.05, 4.69) is 15.9 Å². The Hall–Kier alpha value is -1.05. The summed E-state index contributed by atoms with van der Waals surface area (Å²) in [6.07, 6.45) is 0. The van der Waals surface area contributed by atoms with Crippen LogP contribution >= 0.6 is 27.5 Å². The van der Waals surface area contributed by atoms with Gasteiger partial charge in [-0.25, -0.2) is 0 Å². The standard InChI is InChI=1S/C9H6BrClN2O/c10-7-1-3-8(4-2-7)13(6-5-12)9(11)14/h1-4H,6H2. The maximum atomic E-state index is 10.9. The number of hydrogen-bond donors (Lipinski definition) is 0. The lowest BCUT2D eigenvalue weighted by Crippen LogP contribution is -2.25. The van der Waals surface area contributed by atoms with E-state index in [1.165, 1.54) is 4.90 Å². The van der Waals surface area contributed by atoms with Crippen LogP contribution in [-0.2, 0) is 0 Å². The van der Waals surface area contributed by atoms with Gasteiger partial charge < -0.3 is 0 Å². The van der Waals surface area contributed by atoms with Crippen LogP contribution in [0.3, 0.4) is 0 Å². The number of rotatable bonds is 2. The number of hydrogen-bond acceptors (Lipinski definition) is 2. The van der Waals surface area contributed by atoms with Crippen molar-refractivity contribution in [3.05, 3.63) is 28.7 Å². The molecule has 0 saturated carbocycles. The van der Waals surface area contributed by atoms with Gasteiger partial charge in [0.15, 0.2) is 0 Å². The second kappa shape index (κ2) is 4.99. The fourth-order valence-corrected chi connectivity index (χ4v) is 1.37. The highest BCUT2D eigenvalue weighted by atomic mass is 79.9. The molecule has 0 radical (unpaired) electrons. The van der Waals surface area contributed by atoms with Gasteiger partial charge in [0.05, 0.1) is 6.07 Å². The van der Waals surface area contributed by atoms with Gasteiger partial charge in [-0.05, 0) is 35.9 Å². The summed E-state index contributed by atoms with van der Waals surface area (Å²) in [5.41, 5.74) is 0.606. The maximum absolute atomic E-state index is 10.9. The molecule has 1 rings (SSSR count). The minimum absolute atomic E-state index is 0.0516. The van der Waals surface area contributed by atoms with E-state index in [4.69, 9.17) is 16.9 Å². The first-order valence-electron chi connectivity index (χ1n) is 3.74. The molecule has 3 nitrogen and oxygen atoms in total. The van der Waals surface area contributed by atoms with Crippen molar-refractivity contribution in [3.63, 3.8) is 0 Å². The van der Waals surface area contributed by atoms with Crippen LogP contribution in [-0.4, -0.2) is 11.9 Å². The van der Waals surface area contributed by atoms with Crippen LogP contribution < -0.4 is 4.90 Å². The first-order chi connectivity index (χ1) is 6.65. The Kier molecular flexibility index (Phi) is 3.93. The number of halogens is 2. The van der Waals surface area contributed by atoms with Gasteiger partial charge >= 0.3 is 5.37 Å². The van der Waals surface area contributed by atoms with E-state index >= 15 is 0 Å². The molecule has 0 spiro atoms. The largest absolute Gasteiger partial charge is 0.321 e. The smallest absolute Gasteiger partial charge is 0.285 e. The molecule has 0 aliphatic heterocycles. The van der Waals surface area contributed by atoms with Gasteiger partial charge in [-0.1, -0.05) is 15.9 Å². The number of nitriles is 1. The lowest BCUT2D eigenvalue weighted by molar-refractivity contribution is 0.264. The van der Waals surface area contributed by atoms with Gasteiger partial charge in [-0.15, -0.1) is 0 Å². The van der Waals surface area contributed by atoms with E-state index in [0.717, 1.165) is 4.47 Å². The number of carbonyl (C=O) groups excluding carboxylic acids is 1. The van der Waals surface area contributed by atoms with Crippen molar-refractivity contribution in [2.75, 3.05) is 11.4 Å². The molecule has 0 aliphatic carbocycles. The van der Waals surface area contributed by atoms with Crippen molar-refractivity contribution in [2.24, 2.45) is 0 Å². The van der Waals surface area contributed by atoms with Crippen molar-refractivity contribution < 1.29 is 4.79 Å². The first-order valence-corrected chi connectivity index (χ1v) is 4.92. The molecule has 0 fully saturated rings. The zero-order valence-corrected chi connectivity index (χ0v) is 9.42. The Balaban J connectivity index is 2.95. The van der Waals surface area contributed by atoms with Crippen molar-refractivity contribution in [1.82, 2.24) is 0 Å². The third-order valence-electron chi connectivity index (χ3n) is 1.58. The summed E-state index contributed by atoms with van der Waals surface area (Å²) in [7, 11) is 0. The quantitative estimate of drug-likeness (QED) is 0.472. The highest BCUT2D eigenvalue weighted by molar-refractivity contribution is 9.10. The van der Waals surface area contributed by atoms with Gasteiger partial charge in [0.1, 0.15) is 6.54 Å². The lowest BCUT2D eigenvalue weighted by atomic mass is 10.3. The Bertz CT molecular complexity index is 371. The van der Waals surface area contributed by atoms with Crippen LogP contribution in [0.2, 0.25) is 0 Å². The van der Waals surface area contributed by atoms with E-state index < -0.39 is 5.37 Å². The molecule has 0 N–H and O–H groups in total. The SMILES string of the molecule is N#CCN(C(=O)Cl)c1ccc(Br)cc1. The molecular formula is C9H6BrClN2O. The molecule has 0 atom stereocenters. The number of benzene rings is 1. The topological polar surface area (TPSA) is 44.1 Å². The second-order valence-electron chi connectivity index (χ2n) is 2.47. The molecule has 0 aliphatic rings. The predicted molar refractivity (Wildman–Crippen MR) is 58.4 cm³/mol. The fourth-order valence-electron chi connectivity index (χ4n) is 0.947. The molecule has 14 heavy (non-hydrogen) atoms. The maximum Gasteiger partial charge on any atom is 0.321 e. The summed E-state index contributed by atoms with van der Waals surface area (Å²) in [4.78, 5) is 12.1. The normalized spacial score (nSPS) is 9.21. The van der Waals surface area contributed by atoms with Gasteiger partial charge in [-0.2, -0.15) is 5.26 Å². The van der Waals surface area contributed by atoms with Crippen LogP contribution in [0.5, 0.6) is 0 Å². The first kappa shape index (κ1) is 11.0. The van der Waals surface area contributed by atoms with Crippen molar-refractivity contribution in [3.8, 4) is 6.07 Å². The molecular weight excluding hydrogens is 267 g/mol. The molecule has 0 unspecified atom stereocenters. The van der Waals surface area contributed by atoms with E-state index in [-0.39, 0.29) is 6.54 Å². The van der Waals surface area contributed by atoms with Gasteiger partial charge in [0.2, 0.25) is 0 Å². The number of amides is 1. The summed E-state index contributed by atoms with van der Waals surface area (Å²) in [6.45, 7) is -0.0516. The molecule has 5 heteroatoms. The van der Waals surface area contributed by atoms with E-state index in [9.17, 15) is 4.79 Å². The van der Waals surface area contributed by atoms with Crippen LogP contribution in [0.25, 0.3) is 0 Å². The third kappa shape index (κ3) is 2.72. The Labute approximate surface area is 95.0 Å². The predicted octanol–water partition coefficient (Wildman–Crippen LogP) is 3.14. The lowest BCUT2D eigenvalue weighted by Gasteiger charge is -2.15. The van der Waals surface area contributed by atoms with Crippen LogP contribution in [0, 0.1) is 11.3 Å². The van der Waals surface area contributed by atoms with Crippen molar-refractivity contribution in [2.45, 2.75) is 0 Å². The average Bonchev–Trinajstić information content (AvgIpc) is 2.15. The zero-order chi connectivity index (χ0) is 10.6. The summed E-state index contributed by atoms with van der Waals surface area (Å²) >= 11 is 8.59. The molecule has 1 aromatic carbocycles. The van der Waals surface area contributed by atoms with Crippen LogP contribution in [0.4, 0.5) is 10.5 Å². The second-order valence-corrected chi connectivity index (χ2v) is 3.71. The summed E-state index contributed by atoms with van der Waals surface area (Å²) in [6, 6.07) is 8.85. The Morgan fingerprint density at radius 1 is 1.50 bits per heavy atom. The van der Waals surface area contributed by atoms with E-state index in [1.807, 2.05) is 6.07 Å². The minimum atomic E-state index is -0.658. The Morgan fingerprint density at radius 3 is 2.50 bits per heavy atom. The average molecular weight is 274 g/mol. The highest BCUT2D eigenvalue weighted by Crippen LogP contribution is 2.19. The van der Waals surface area contributed by atoms with Crippen molar-refractivity contribution >= 4 is 38.6 Å². The van der Waals surface area contributed by atoms with E-state index in [1.54, 1.807) is 24.3 Å². The number of anilines is 1. The fraction of sp³-hybridized carbons (Fsp3) is 0.111. The molecule has 1 aromatic rings. The zero-order valence-electron chi connectivity index (χ0n) is 7.08. The van der Waals surface area contributed by atoms with Gasteiger partial charge in [0.25, 0.3) is 0 Å². The highest BCUT2D eigenvalue weighted by Gasteiger charge is 2.11. The monoisotopic (exact) mass is 272 g/mol. The summed E-state index contributed by atoms with van der Waals surface area (Å²) in [5.74, 6) is 0. The molecule has 0 heterocycles. The molecule has 0 bridgehead atoms. The van der Waals surface area contributed by atoms with Crippen molar-refractivity contribution in [1.29, 1.82) is 5.26 Å². The summed E-state index contributed by atoms with van der Waals surface area (Å²) in [5, 5.41) is 7.83. The molecule has 72 valence electrons. The number of carbonyl (C=O) groups is 1.